The van der Waals surface area contributed by atoms with Crippen molar-refractivity contribution in [3.05, 3.63) is 29.6 Å². The van der Waals surface area contributed by atoms with Crippen LogP contribution in [-0.2, 0) is 13.6 Å². The van der Waals surface area contributed by atoms with E-state index in [0.717, 1.165) is 22.7 Å². The third kappa shape index (κ3) is 2.74. The Morgan fingerprint density at radius 2 is 2.14 bits per heavy atom. The number of benzene rings is 1. The van der Waals surface area contributed by atoms with Gasteiger partial charge in [-0.2, -0.15) is 5.10 Å². The van der Waals surface area contributed by atoms with Gasteiger partial charge < -0.3 is 19.5 Å². The summed E-state index contributed by atoms with van der Waals surface area (Å²) >= 11 is 0. The number of aromatic nitrogens is 2. The van der Waals surface area contributed by atoms with Gasteiger partial charge in [0.1, 0.15) is 13.2 Å². The first kappa shape index (κ1) is 13.6. The lowest BCUT2D eigenvalue weighted by Gasteiger charge is -2.21. The molecule has 0 radical (unpaired) electrons. The topological polar surface area (TPSA) is 57.5 Å². The van der Waals surface area contributed by atoms with Crippen LogP contribution >= 0.6 is 0 Å². The molecule has 0 aliphatic carbocycles. The van der Waals surface area contributed by atoms with Crippen LogP contribution in [0.25, 0.3) is 0 Å². The molecule has 0 saturated carbocycles. The number of nitrogens with one attached hydrogen (secondary N) is 1. The van der Waals surface area contributed by atoms with E-state index in [1.54, 1.807) is 11.8 Å². The summed E-state index contributed by atoms with van der Waals surface area (Å²) in [5.74, 6) is 2.12. The summed E-state index contributed by atoms with van der Waals surface area (Å²) in [7, 11) is 3.54. The van der Waals surface area contributed by atoms with Crippen LogP contribution in [0.4, 0.5) is 5.69 Å². The second-order valence-electron chi connectivity index (χ2n) is 4.98. The Balaban J connectivity index is 1.81. The summed E-state index contributed by atoms with van der Waals surface area (Å²) in [6.45, 7) is 3.76. The SMILES string of the molecule is COc1cc(CNc2cn(C)nc2C)cc2c1OCCO2. The normalized spacial score (nSPS) is 13.1. The number of methoxy groups -OCH3 is 1. The van der Waals surface area contributed by atoms with Gasteiger partial charge in [0.15, 0.2) is 11.5 Å². The molecule has 0 fully saturated rings. The maximum Gasteiger partial charge on any atom is 0.203 e. The van der Waals surface area contributed by atoms with E-state index < -0.39 is 0 Å². The maximum atomic E-state index is 5.64. The summed E-state index contributed by atoms with van der Waals surface area (Å²) in [6, 6.07) is 3.95. The molecule has 1 N–H and O–H groups in total. The first-order chi connectivity index (χ1) is 10.2. The van der Waals surface area contributed by atoms with Crippen LogP contribution in [0.1, 0.15) is 11.3 Å². The molecule has 3 rings (SSSR count). The third-order valence-electron chi connectivity index (χ3n) is 3.38. The molecule has 6 nitrogen and oxygen atoms in total. The first-order valence-corrected chi connectivity index (χ1v) is 6.88. The smallest absolute Gasteiger partial charge is 0.203 e. The lowest BCUT2D eigenvalue weighted by Crippen LogP contribution is -2.16. The van der Waals surface area contributed by atoms with Crippen LogP contribution < -0.4 is 19.5 Å². The predicted molar refractivity (Wildman–Crippen MR) is 79.3 cm³/mol. The molecule has 21 heavy (non-hydrogen) atoms. The van der Waals surface area contributed by atoms with E-state index in [9.17, 15) is 0 Å². The van der Waals surface area contributed by atoms with Gasteiger partial charge in [-0.3, -0.25) is 4.68 Å². The van der Waals surface area contributed by atoms with Crippen LogP contribution in [0.15, 0.2) is 18.3 Å². The Morgan fingerprint density at radius 3 is 2.86 bits per heavy atom. The van der Waals surface area contributed by atoms with E-state index in [-0.39, 0.29) is 0 Å². The Hall–Kier alpha value is -2.37. The van der Waals surface area contributed by atoms with Crippen molar-refractivity contribution in [2.45, 2.75) is 13.5 Å². The van der Waals surface area contributed by atoms with E-state index in [2.05, 4.69) is 10.4 Å². The van der Waals surface area contributed by atoms with E-state index in [1.165, 1.54) is 0 Å². The van der Waals surface area contributed by atoms with Gasteiger partial charge in [0, 0.05) is 19.8 Å². The zero-order chi connectivity index (χ0) is 14.8. The summed E-state index contributed by atoms with van der Waals surface area (Å²) in [6.07, 6.45) is 1.96. The Morgan fingerprint density at radius 1 is 1.33 bits per heavy atom. The number of aryl methyl sites for hydroxylation is 2. The average Bonchev–Trinajstić information content (AvgIpc) is 2.82. The van der Waals surface area contributed by atoms with Gasteiger partial charge in [-0.1, -0.05) is 0 Å². The number of hydrogen-bond donors (Lipinski definition) is 1. The Labute approximate surface area is 123 Å². The minimum atomic E-state index is 0.551. The largest absolute Gasteiger partial charge is 0.493 e. The number of fused-ring (bicyclic) bond motifs is 1. The second kappa shape index (κ2) is 5.55. The van der Waals surface area contributed by atoms with Crippen molar-refractivity contribution in [1.29, 1.82) is 0 Å². The minimum absolute atomic E-state index is 0.551. The van der Waals surface area contributed by atoms with Gasteiger partial charge in [0.2, 0.25) is 5.75 Å². The van der Waals surface area contributed by atoms with Crippen LogP contribution in [0.2, 0.25) is 0 Å². The highest BCUT2D eigenvalue weighted by molar-refractivity contribution is 5.55. The lowest BCUT2D eigenvalue weighted by molar-refractivity contribution is 0.165. The molecule has 1 aromatic carbocycles. The molecule has 2 aromatic rings. The van der Waals surface area contributed by atoms with Crippen LogP contribution in [0.3, 0.4) is 0 Å². The van der Waals surface area contributed by atoms with Crippen LogP contribution in [0, 0.1) is 6.92 Å². The molecular formula is C15H19N3O3. The molecule has 0 amide bonds. The second-order valence-corrected chi connectivity index (χ2v) is 4.98. The molecule has 0 unspecified atom stereocenters. The van der Waals surface area contributed by atoms with E-state index in [0.29, 0.717) is 31.3 Å². The van der Waals surface area contributed by atoms with Crippen molar-refractivity contribution in [2.24, 2.45) is 7.05 Å². The zero-order valence-corrected chi connectivity index (χ0v) is 12.5. The molecule has 1 aliphatic rings. The van der Waals surface area contributed by atoms with Gasteiger partial charge in [-0.15, -0.1) is 0 Å². The average molecular weight is 289 g/mol. The molecule has 0 bridgehead atoms. The molecule has 6 heteroatoms. The quantitative estimate of drug-likeness (QED) is 0.934. The molecule has 0 atom stereocenters. The monoisotopic (exact) mass is 289 g/mol. The molecule has 0 spiro atoms. The maximum absolute atomic E-state index is 5.64. The number of nitrogens with zero attached hydrogens (tertiary/aromatic N) is 2. The van der Waals surface area contributed by atoms with Crippen molar-refractivity contribution >= 4 is 5.69 Å². The number of hydrogen-bond acceptors (Lipinski definition) is 5. The fraction of sp³-hybridized carbons (Fsp3) is 0.400. The fourth-order valence-electron chi connectivity index (χ4n) is 2.40. The first-order valence-electron chi connectivity index (χ1n) is 6.88. The zero-order valence-electron chi connectivity index (χ0n) is 12.5. The molecule has 2 heterocycles. The van der Waals surface area contributed by atoms with E-state index in [4.69, 9.17) is 14.2 Å². The summed E-state index contributed by atoms with van der Waals surface area (Å²) in [5.41, 5.74) is 3.06. The molecule has 112 valence electrons. The highest BCUT2D eigenvalue weighted by atomic mass is 16.6. The molecular weight excluding hydrogens is 270 g/mol. The predicted octanol–water partition coefficient (Wildman–Crippen LogP) is 2.12. The van der Waals surface area contributed by atoms with Crippen LogP contribution in [0.5, 0.6) is 17.2 Å². The molecule has 1 aromatic heterocycles. The molecule has 0 saturated heterocycles. The van der Waals surface area contributed by atoms with Gasteiger partial charge in [-0.05, 0) is 24.6 Å². The standard InChI is InChI=1S/C15H19N3O3/c1-10-12(9-18(2)17-10)16-8-11-6-13(19-3)15-14(7-11)20-4-5-21-15/h6-7,9,16H,4-5,8H2,1-3H3. The van der Waals surface area contributed by atoms with Crippen LogP contribution in [-0.4, -0.2) is 30.1 Å². The number of anilines is 1. The van der Waals surface area contributed by atoms with Crippen molar-refractivity contribution in [3.63, 3.8) is 0 Å². The van der Waals surface area contributed by atoms with Crippen molar-refractivity contribution in [2.75, 3.05) is 25.6 Å². The van der Waals surface area contributed by atoms with Crippen molar-refractivity contribution in [1.82, 2.24) is 9.78 Å². The van der Waals surface area contributed by atoms with E-state index >= 15 is 0 Å². The number of ether oxygens (including phenoxy) is 3. The highest BCUT2D eigenvalue weighted by Crippen LogP contribution is 2.40. The Bertz CT molecular complexity index is 635. The highest BCUT2D eigenvalue weighted by Gasteiger charge is 2.18. The lowest BCUT2D eigenvalue weighted by atomic mass is 10.1. The van der Waals surface area contributed by atoms with E-state index in [1.807, 2.05) is 32.3 Å². The van der Waals surface area contributed by atoms with Gasteiger partial charge >= 0.3 is 0 Å². The minimum Gasteiger partial charge on any atom is -0.493 e. The van der Waals surface area contributed by atoms with Crippen molar-refractivity contribution in [3.8, 4) is 17.2 Å². The summed E-state index contributed by atoms with van der Waals surface area (Å²) < 4.78 is 18.4. The summed E-state index contributed by atoms with van der Waals surface area (Å²) in [5, 5.41) is 7.69. The number of rotatable bonds is 4. The van der Waals surface area contributed by atoms with Gasteiger partial charge in [0.25, 0.3) is 0 Å². The van der Waals surface area contributed by atoms with Crippen molar-refractivity contribution < 1.29 is 14.2 Å². The fourth-order valence-corrected chi connectivity index (χ4v) is 2.40. The van der Waals surface area contributed by atoms with Gasteiger partial charge in [0.05, 0.1) is 18.5 Å². The summed E-state index contributed by atoms with van der Waals surface area (Å²) in [4.78, 5) is 0. The third-order valence-corrected chi connectivity index (χ3v) is 3.38. The molecule has 1 aliphatic heterocycles. The van der Waals surface area contributed by atoms with Gasteiger partial charge in [-0.25, -0.2) is 0 Å². The Kier molecular flexibility index (Phi) is 3.60.